The summed E-state index contributed by atoms with van der Waals surface area (Å²) in [4.78, 5) is 20.5. The van der Waals surface area contributed by atoms with E-state index in [0.29, 0.717) is 36.6 Å². The van der Waals surface area contributed by atoms with Crippen LogP contribution >= 0.6 is 0 Å². The molecule has 1 unspecified atom stereocenters. The number of sulfonamides is 1. The lowest BCUT2D eigenvalue weighted by atomic mass is 10.1. The molecule has 1 saturated carbocycles. The van der Waals surface area contributed by atoms with Gasteiger partial charge in [0, 0.05) is 25.6 Å². The van der Waals surface area contributed by atoms with E-state index >= 15 is 0 Å². The number of aryl methyl sites for hydroxylation is 1. The Hall–Kier alpha value is -2.00. The third-order valence-electron chi connectivity index (χ3n) is 5.26. The second kappa shape index (κ2) is 6.31. The van der Waals surface area contributed by atoms with Crippen molar-refractivity contribution in [3.8, 4) is 0 Å². The number of H-pyrrole nitrogens is 1. The van der Waals surface area contributed by atoms with Gasteiger partial charge in [-0.05, 0) is 25.2 Å². The van der Waals surface area contributed by atoms with Gasteiger partial charge in [0.1, 0.15) is 18.0 Å². The third-order valence-corrected chi connectivity index (χ3v) is 6.53. The number of nitrogens with one attached hydrogen (secondary N) is 2. The summed E-state index contributed by atoms with van der Waals surface area (Å²) < 4.78 is 26.6. The molecule has 2 aliphatic rings. The first-order valence-corrected chi connectivity index (χ1v) is 10.8. The molecule has 1 amide bonds. The lowest BCUT2D eigenvalue weighted by Gasteiger charge is -2.13. The predicted octanol–water partition coefficient (Wildman–Crippen LogP) is 0.276. The van der Waals surface area contributed by atoms with Gasteiger partial charge in [-0.3, -0.25) is 4.79 Å². The van der Waals surface area contributed by atoms with Gasteiger partial charge < -0.3 is 5.32 Å². The average molecular weight is 378 g/mol. The summed E-state index contributed by atoms with van der Waals surface area (Å²) >= 11 is 0. The first kappa shape index (κ1) is 17.4. The molecular formula is C17H24N5O3S+. The van der Waals surface area contributed by atoms with Gasteiger partial charge in [0.2, 0.25) is 10.0 Å². The van der Waals surface area contributed by atoms with Crippen LogP contribution in [0, 0.1) is 5.92 Å². The molecule has 2 aromatic rings. The highest BCUT2D eigenvalue weighted by Gasteiger charge is 2.31. The number of fused-ring (bicyclic) bond motifs is 1. The summed E-state index contributed by atoms with van der Waals surface area (Å²) in [5.41, 5.74) is 3.09. The maximum Gasteiger partial charge on any atom is 0.306 e. The Balaban J connectivity index is 1.47. The largest absolute Gasteiger partial charge is 0.352 e. The van der Waals surface area contributed by atoms with Gasteiger partial charge in [-0.25, -0.2) is 27.3 Å². The van der Waals surface area contributed by atoms with Crippen molar-refractivity contribution in [3.63, 3.8) is 0 Å². The summed E-state index contributed by atoms with van der Waals surface area (Å²) in [6.07, 6.45) is 8.02. The maximum absolute atomic E-state index is 12.7. The highest BCUT2D eigenvalue weighted by molar-refractivity contribution is 7.88. The normalized spacial score (nSPS) is 21.4. The van der Waals surface area contributed by atoms with Gasteiger partial charge in [0.05, 0.1) is 19.0 Å². The van der Waals surface area contributed by atoms with E-state index in [-0.39, 0.29) is 11.8 Å². The molecule has 2 aromatic heterocycles. The van der Waals surface area contributed by atoms with Gasteiger partial charge in [0.15, 0.2) is 5.52 Å². The SMILES string of the molecule is C[n+]1cc(C2CC2)nc2c(C(=O)NCC3CCN(S(C)(=O)=O)C3)c[nH]c21. The molecule has 0 bridgehead atoms. The zero-order chi connectivity index (χ0) is 18.5. The van der Waals surface area contributed by atoms with Gasteiger partial charge in [-0.15, -0.1) is 0 Å². The van der Waals surface area contributed by atoms with Crippen molar-refractivity contribution >= 4 is 27.1 Å². The molecule has 0 spiro atoms. The van der Waals surface area contributed by atoms with Gasteiger partial charge in [-0.1, -0.05) is 0 Å². The van der Waals surface area contributed by atoms with Crippen LogP contribution in [-0.2, 0) is 17.1 Å². The van der Waals surface area contributed by atoms with Crippen molar-refractivity contribution in [1.82, 2.24) is 19.6 Å². The van der Waals surface area contributed by atoms with Crippen molar-refractivity contribution in [2.75, 3.05) is 25.9 Å². The molecular weight excluding hydrogens is 354 g/mol. The van der Waals surface area contributed by atoms with Crippen LogP contribution in [0.15, 0.2) is 12.4 Å². The third kappa shape index (κ3) is 3.33. The number of hydrogen-bond donors (Lipinski definition) is 2. The van der Waals surface area contributed by atoms with Gasteiger partial charge >= 0.3 is 5.65 Å². The summed E-state index contributed by atoms with van der Waals surface area (Å²) in [6, 6.07) is 0. The number of aromatic nitrogens is 3. The molecule has 9 heteroatoms. The molecule has 1 saturated heterocycles. The first-order valence-electron chi connectivity index (χ1n) is 8.94. The maximum atomic E-state index is 12.7. The van der Waals surface area contributed by atoms with Crippen molar-refractivity contribution in [2.45, 2.75) is 25.2 Å². The second-order valence-corrected chi connectivity index (χ2v) is 9.42. The Morgan fingerprint density at radius 3 is 2.85 bits per heavy atom. The number of rotatable bonds is 5. The Morgan fingerprint density at radius 1 is 1.42 bits per heavy atom. The number of hydrogen-bond acceptors (Lipinski definition) is 4. The minimum atomic E-state index is -3.15. The van der Waals surface area contributed by atoms with Crippen LogP contribution < -0.4 is 9.88 Å². The van der Waals surface area contributed by atoms with Crippen LogP contribution in [0.5, 0.6) is 0 Å². The molecule has 1 aliphatic heterocycles. The molecule has 0 aromatic carbocycles. The standard InChI is InChI=1S/C17H23N5O3S/c1-21-10-14(12-3-4-12)20-15-13(8-18-16(15)21)17(23)19-7-11-5-6-22(9-11)26(2,24)25/h8,10-12H,3-7,9H2,1-2H3,(H,19,23)/p+1. The Kier molecular flexibility index (Phi) is 4.23. The number of amides is 1. The average Bonchev–Trinajstić information content (AvgIpc) is 3.15. The zero-order valence-electron chi connectivity index (χ0n) is 15.0. The predicted molar refractivity (Wildman–Crippen MR) is 96.1 cm³/mol. The Morgan fingerprint density at radius 2 is 2.19 bits per heavy atom. The topological polar surface area (TPSA) is 99.0 Å². The molecule has 2 N–H and O–H groups in total. The molecule has 3 heterocycles. The summed E-state index contributed by atoms with van der Waals surface area (Å²) in [6.45, 7) is 1.45. The first-order chi connectivity index (χ1) is 12.3. The van der Waals surface area contributed by atoms with E-state index in [2.05, 4.69) is 10.3 Å². The van der Waals surface area contributed by atoms with E-state index in [1.165, 1.54) is 10.6 Å². The highest BCUT2D eigenvalue weighted by Crippen LogP contribution is 2.38. The smallest absolute Gasteiger partial charge is 0.306 e. The van der Waals surface area contributed by atoms with Crippen LogP contribution in [0.25, 0.3) is 11.2 Å². The summed E-state index contributed by atoms with van der Waals surface area (Å²) in [5.74, 6) is 0.483. The Labute approximate surface area is 152 Å². The number of carbonyl (C=O) groups is 1. The zero-order valence-corrected chi connectivity index (χ0v) is 15.8. The number of carbonyl (C=O) groups excluding carboxylic acids is 1. The van der Waals surface area contributed by atoms with E-state index in [0.717, 1.165) is 30.6 Å². The molecule has 8 nitrogen and oxygen atoms in total. The lowest BCUT2D eigenvalue weighted by molar-refractivity contribution is -0.647. The van der Waals surface area contributed by atoms with Crippen LogP contribution in [0.3, 0.4) is 0 Å². The van der Waals surface area contributed by atoms with Gasteiger partial charge in [0.25, 0.3) is 5.91 Å². The lowest BCUT2D eigenvalue weighted by Crippen LogP contribution is -2.33. The van der Waals surface area contributed by atoms with Crippen LogP contribution in [-0.4, -0.2) is 54.5 Å². The quantitative estimate of drug-likeness (QED) is 0.730. The minimum absolute atomic E-state index is 0.143. The summed E-state index contributed by atoms with van der Waals surface area (Å²) in [7, 11) is -1.20. The molecule has 26 heavy (non-hydrogen) atoms. The molecule has 0 radical (unpaired) electrons. The molecule has 140 valence electrons. The van der Waals surface area contributed by atoms with Crippen molar-refractivity contribution in [1.29, 1.82) is 0 Å². The molecule has 4 rings (SSSR count). The fourth-order valence-electron chi connectivity index (χ4n) is 3.55. The summed E-state index contributed by atoms with van der Waals surface area (Å²) in [5, 5.41) is 2.95. The second-order valence-electron chi connectivity index (χ2n) is 7.44. The molecule has 2 fully saturated rings. The van der Waals surface area contributed by atoms with E-state index in [4.69, 9.17) is 4.98 Å². The van der Waals surface area contributed by atoms with E-state index < -0.39 is 10.0 Å². The van der Waals surface area contributed by atoms with Gasteiger partial charge in [-0.2, -0.15) is 0 Å². The number of nitrogens with zero attached hydrogens (tertiary/aromatic N) is 3. The van der Waals surface area contributed by atoms with Crippen molar-refractivity contribution in [3.05, 3.63) is 23.7 Å². The van der Waals surface area contributed by atoms with E-state index in [9.17, 15) is 13.2 Å². The molecule has 1 atom stereocenters. The fraction of sp³-hybridized carbons (Fsp3) is 0.588. The van der Waals surface area contributed by atoms with Crippen molar-refractivity contribution < 1.29 is 17.8 Å². The number of aromatic amines is 1. The Bertz CT molecular complexity index is 964. The van der Waals surface area contributed by atoms with Crippen LogP contribution in [0.4, 0.5) is 0 Å². The van der Waals surface area contributed by atoms with E-state index in [1.54, 1.807) is 6.20 Å². The minimum Gasteiger partial charge on any atom is -0.352 e. The van der Waals surface area contributed by atoms with E-state index in [1.807, 2.05) is 17.8 Å². The van der Waals surface area contributed by atoms with Crippen molar-refractivity contribution in [2.24, 2.45) is 13.0 Å². The fourth-order valence-corrected chi connectivity index (χ4v) is 4.47. The monoisotopic (exact) mass is 378 g/mol. The van der Waals surface area contributed by atoms with Crippen LogP contribution in [0.1, 0.15) is 41.2 Å². The van der Waals surface area contributed by atoms with Crippen LogP contribution in [0.2, 0.25) is 0 Å². The highest BCUT2D eigenvalue weighted by atomic mass is 32.2. The molecule has 1 aliphatic carbocycles.